The van der Waals surface area contributed by atoms with Gasteiger partial charge in [-0.1, -0.05) is 28.1 Å². The van der Waals surface area contributed by atoms with E-state index >= 15 is 0 Å². The van der Waals surface area contributed by atoms with Gasteiger partial charge in [-0.15, -0.1) is 5.48 Å². The monoisotopic (exact) mass is 315 g/mol. The van der Waals surface area contributed by atoms with E-state index in [4.69, 9.17) is 9.94 Å². The van der Waals surface area contributed by atoms with E-state index < -0.39 is 5.41 Å². The summed E-state index contributed by atoms with van der Waals surface area (Å²) >= 11 is 3.40. The van der Waals surface area contributed by atoms with Gasteiger partial charge in [0.2, 0.25) is 0 Å². The molecular formula is C13H18BrNO3. The van der Waals surface area contributed by atoms with Gasteiger partial charge in [0.05, 0.1) is 18.6 Å². The Kier molecular flexibility index (Phi) is 5.31. The first-order valence-corrected chi connectivity index (χ1v) is 6.46. The summed E-state index contributed by atoms with van der Waals surface area (Å²) in [6.45, 7) is 5.75. The standard InChI is InChI=1S/C13H18BrNO3/c1-13(2,3)12(17)18-15-7-10-6-9(8-16)4-5-11(10)14/h4-6,15-16H,7-8H2,1-3H3. The van der Waals surface area contributed by atoms with Gasteiger partial charge < -0.3 is 9.94 Å². The summed E-state index contributed by atoms with van der Waals surface area (Å²) in [4.78, 5) is 16.5. The number of hydrogen-bond acceptors (Lipinski definition) is 4. The number of carbonyl (C=O) groups is 1. The SMILES string of the molecule is CC(C)(C)C(=O)ONCc1cc(CO)ccc1Br. The lowest BCUT2D eigenvalue weighted by molar-refractivity contribution is -0.161. The van der Waals surface area contributed by atoms with Crippen molar-refractivity contribution in [3.05, 3.63) is 33.8 Å². The summed E-state index contributed by atoms with van der Waals surface area (Å²) in [6.07, 6.45) is 0. The van der Waals surface area contributed by atoms with Crippen molar-refractivity contribution in [2.24, 2.45) is 5.41 Å². The first-order valence-electron chi connectivity index (χ1n) is 5.67. The molecule has 0 aliphatic carbocycles. The molecule has 0 spiro atoms. The van der Waals surface area contributed by atoms with Crippen LogP contribution in [-0.2, 0) is 22.8 Å². The zero-order valence-corrected chi connectivity index (χ0v) is 12.4. The maximum Gasteiger partial charge on any atom is 0.329 e. The summed E-state index contributed by atoms with van der Waals surface area (Å²) in [5, 5.41) is 9.05. The van der Waals surface area contributed by atoms with E-state index in [1.165, 1.54) is 0 Å². The van der Waals surface area contributed by atoms with Crippen molar-refractivity contribution < 1.29 is 14.7 Å². The van der Waals surface area contributed by atoms with E-state index in [-0.39, 0.29) is 12.6 Å². The van der Waals surface area contributed by atoms with E-state index in [1.807, 2.05) is 18.2 Å². The fourth-order valence-electron chi connectivity index (χ4n) is 1.19. The number of halogens is 1. The van der Waals surface area contributed by atoms with Crippen LogP contribution in [-0.4, -0.2) is 11.1 Å². The summed E-state index contributed by atoms with van der Waals surface area (Å²) in [5.74, 6) is -0.308. The minimum Gasteiger partial charge on any atom is -0.392 e. The minimum atomic E-state index is -0.531. The van der Waals surface area contributed by atoms with E-state index in [2.05, 4.69) is 21.4 Å². The van der Waals surface area contributed by atoms with Crippen LogP contribution < -0.4 is 5.48 Å². The Morgan fingerprint density at radius 2 is 2.11 bits per heavy atom. The summed E-state index contributed by atoms with van der Waals surface area (Å²) in [7, 11) is 0. The Labute approximate surface area is 115 Å². The minimum absolute atomic E-state index is 0.0118. The molecule has 2 N–H and O–H groups in total. The van der Waals surface area contributed by atoms with E-state index in [9.17, 15) is 4.79 Å². The zero-order chi connectivity index (χ0) is 13.8. The Balaban J connectivity index is 2.56. The molecule has 0 radical (unpaired) electrons. The predicted octanol–water partition coefficient (Wildman–Crippen LogP) is 2.54. The molecule has 0 bridgehead atoms. The topological polar surface area (TPSA) is 58.6 Å². The first kappa shape index (κ1) is 15.1. The highest BCUT2D eigenvalue weighted by Crippen LogP contribution is 2.19. The van der Waals surface area contributed by atoms with Gasteiger partial charge in [0.15, 0.2) is 0 Å². The molecule has 5 heteroatoms. The number of nitrogens with one attached hydrogen (secondary N) is 1. The lowest BCUT2D eigenvalue weighted by atomic mass is 9.98. The quantitative estimate of drug-likeness (QED) is 0.838. The molecule has 0 amide bonds. The van der Waals surface area contributed by atoms with Gasteiger partial charge in [-0.3, -0.25) is 0 Å². The third kappa shape index (κ3) is 4.40. The highest BCUT2D eigenvalue weighted by atomic mass is 79.9. The number of hydroxylamine groups is 1. The van der Waals surface area contributed by atoms with Crippen molar-refractivity contribution in [3.8, 4) is 0 Å². The molecule has 0 aliphatic rings. The van der Waals surface area contributed by atoms with Crippen LogP contribution in [0.3, 0.4) is 0 Å². The largest absolute Gasteiger partial charge is 0.392 e. The highest BCUT2D eigenvalue weighted by Gasteiger charge is 2.23. The fraction of sp³-hybridized carbons (Fsp3) is 0.462. The molecule has 0 saturated heterocycles. The molecule has 1 aromatic carbocycles. The second-order valence-electron chi connectivity index (χ2n) is 5.04. The smallest absolute Gasteiger partial charge is 0.329 e. The zero-order valence-electron chi connectivity index (χ0n) is 10.8. The third-order valence-electron chi connectivity index (χ3n) is 2.33. The van der Waals surface area contributed by atoms with Gasteiger partial charge in [-0.05, 0) is 38.0 Å². The molecule has 0 unspecified atom stereocenters. The number of carbonyl (C=O) groups excluding carboxylic acids is 1. The van der Waals surface area contributed by atoms with Gasteiger partial charge >= 0.3 is 5.97 Å². The van der Waals surface area contributed by atoms with Gasteiger partial charge in [-0.25, -0.2) is 4.79 Å². The van der Waals surface area contributed by atoms with E-state index in [0.29, 0.717) is 6.54 Å². The summed E-state index contributed by atoms with van der Waals surface area (Å²) in [5.41, 5.74) is 3.84. The van der Waals surface area contributed by atoms with Crippen molar-refractivity contribution in [3.63, 3.8) is 0 Å². The van der Waals surface area contributed by atoms with Crippen LogP contribution in [0.25, 0.3) is 0 Å². The van der Waals surface area contributed by atoms with Crippen LogP contribution in [0.1, 0.15) is 31.9 Å². The average Bonchev–Trinajstić information content (AvgIpc) is 2.30. The molecule has 4 nitrogen and oxygen atoms in total. The Hall–Kier alpha value is -0.910. The lowest BCUT2D eigenvalue weighted by Gasteiger charge is -2.16. The van der Waals surface area contributed by atoms with Gasteiger partial charge in [0, 0.05) is 4.47 Å². The van der Waals surface area contributed by atoms with E-state index in [0.717, 1.165) is 15.6 Å². The second-order valence-corrected chi connectivity index (χ2v) is 5.90. The van der Waals surface area contributed by atoms with E-state index in [1.54, 1.807) is 20.8 Å². The molecule has 1 rings (SSSR count). The number of aliphatic hydroxyl groups is 1. The molecule has 100 valence electrons. The predicted molar refractivity (Wildman–Crippen MR) is 72.5 cm³/mol. The molecule has 0 atom stereocenters. The third-order valence-corrected chi connectivity index (χ3v) is 3.11. The van der Waals surface area contributed by atoms with Gasteiger partial charge in [0.1, 0.15) is 0 Å². The second kappa shape index (κ2) is 6.31. The van der Waals surface area contributed by atoms with Crippen molar-refractivity contribution in [2.45, 2.75) is 33.9 Å². The van der Waals surface area contributed by atoms with Crippen LogP contribution in [0.15, 0.2) is 22.7 Å². The van der Waals surface area contributed by atoms with Gasteiger partial charge in [-0.2, -0.15) is 0 Å². The molecule has 0 fully saturated rings. The van der Waals surface area contributed by atoms with Crippen LogP contribution in [0.4, 0.5) is 0 Å². The molecule has 18 heavy (non-hydrogen) atoms. The van der Waals surface area contributed by atoms with Crippen LogP contribution in [0.2, 0.25) is 0 Å². The Bertz CT molecular complexity index is 427. The molecule has 0 heterocycles. The lowest BCUT2D eigenvalue weighted by Crippen LogP contribution is -2.29. The summed E-state index contributed by atoms with van der Waals surface area (Å²) in [6, 6.07) is 5.53. The average molecular weight is 316 g/mol. The Morgan fingerprint density at radius 1 is 1.44 bits per heavy atom. The first-order chi connectivity index (χ1) is 8.34. The number of hydrogen-bond donors (Lipinski definition) is 2. The maximum absolute atomic E-state index is 11.5. The van der Waals surface area contributed by atoms with Crippen molar-refractivity contribution >= 4 is 21.9 Å². The van der Waals surface area contributed by atoms with Gasteiger partial charge in [0.25, 0.3) is 0 Å². The molecule has 1 aromatic rings. The normalized spacial score (nSPS) is 11.4. The Morgan fingerprint density at radius 3 is 2.67 bits per heavy atom. The van der Waals surface area contributed by atoms with Crippen molar-refractivity contribution in [1.82, 2.24) is 5.48 Å². The number of aliphatic hydroxyl groups excluding tert-OH is 1. The highest BCUT2D eigenvalue weighted by molar-refractivity contribution is 9.10. The van der Waals surface area contributed by atoms with Crippen LogP contribution in [0.5, 0.6) is 0 Å². The molecular weight excluding hydrogens is 298 g/mol. The van der Waals surface area contributed by atoms with Crippen LogP contribution in [0, 0.1) is 5.41 Å². The fourth-order valence-corrected chi connectivity index (χ4v) is 1.58. The van der Waals surface area contributed by atoms with Crippen molar-refractivity contribution in [1.29, 1.82) is 0 Å². The number of rotatable bonds is 4. The molecule has 0 aliphatic heterocycles. The van der Waals surface area contributed by atoms with Crippen LogP contribution >= 0.6 is 15.9 Å². The summed E-state index contributed by atoms with van der Waals surface area (Å²) < 4.78 is 0.902. The van der Waals surface area contributed by atoms with Crippen molar-refractivity contribution in [2.75, 3.05) is 0 Å². The molecule has 0 aromatic heterocycles. The molecule has 0 saturated carbocycles. The number of benzene rings is 1. The maximum atomic E-state index is 11.5.